The van der Waals surface area contributed by atoms with Crippen molar-refractivity contribution in [2.24, 2.45) is 0 Å². The van der Waals surface area contributed by atoms with Gasteiger partial charge in [-0.25, -0.2) is 4.79 Å². The lowest BCUT2D eigenvalue weighted by atomic mass is 10.2. The van der Waals surface area contributed by atoms with Crippen LogP contribution in [0, 0.1) is 0 Å². The quantitative estimate of drug-likeness (QED) is 0.642. The first-order chi connectivity index (χ1) is 11.7. The number of nitrogens with one attached hydrogen (secondary N) is 2. The molecule has 120 valence electrons. The van der Waals surface area contributed by atoms with Crippen LogP contribution < -0.4 is 15.4 Å². The summed E-state index contributed by atoms with van der Waals surface area (Å²) in [6, 6.07) is 23.8. The van der Waals surface area contributed by atoms with Gasteiger partial charge in [0.25, 0.3) is 0 Å². The molecule has 3 aromatic rings. The molecule has 0 radical (unpaired) electrons. The number of anilines is 3. The number of ether oxygens (including phenoxy) is 1. The molecular formula is C19H15ClN2O2. The van der Waals surface area contributed by atoms with Crippen molar-refractivity contribution in [1.29, 1.82) is 0 Å². The van der Waals surface area contributed by atoms with Crippen LogP contribution in [0.25, 0.3) is 0 Å². The first-order valence-corrected chi connectivity index (χ1v) is 7.73. The van der Waals surface area contributed by atoms with Crippen molar-refractivity contribution in [3.05, 3.63) is 83.9 Å². The Bertz CT molecular complexity index is 803. The zero-order chi connectivity index (χ0) is 16.8. The maximum Gasteiger partial charge on any atom is 0.417 e. The van der Waals surface area contributed by atoms with Crippen LogP contribution in [-0.2, 0) is 0 Å². The summed E-state index contributed by atoms with van der Waals surface area (Å²) in [7, 11) is 0. The van der Waals surface area contributed by atoms with Crippen LogP contribution in [0.15, 0.2) is 78.9 Å². The average molecular weight is 339 g/mol. The largest absolute Gasteiger partial charge is 0.417 e. The van der Waals surface area contributed by atoms with Crippen LogP contribution in [0.2, 0.25) is 5.02 Å². The van der Waals surface area contributed by atoms with Crippen molar-refractivity contribution in [1.82, 2.24) is 0 Å². The summed E-state index contributed by atoms with van der Waals surface area (Å²) >= 11 is 5.80. The van der Waals surface area contributed by atoms with Crippen molar-refractivity contribution in [2.45, 2.75) is 0 Å². The third-order valence-electron chi connectivity index (χ3n) is 3.22. The Kier molecular flexibility index (Phi) is 4.99. The van der Waals surface area contributed by atoms with Gasteiger partial charge in [0.15, 0.2) is 0 Å². The normalized spacial score (nSPS) is 10.0. The minimum atomic E-state index is -0.555. The predicted octanol–water partition coefficient (Wildman–Crippen LogP) is 5.69. The van der Waals surface area contributed by atoms with Crippen molar-refractivity contribution in [3.63, 3.8) is 0 Å². The lowest BCUT2D eigenvalue weighted by Crippen LogP contribution is -2.16. The van der Waals surface area contributed by atoms with E-state index in [-0.39, 0.29) is 0 Å². The number of rotatable bonds is 4. The summed E-state index contributed by atoms with van der Waals surface area (Å²) in [5.74, 6) is 0.458. The van der Waals surface area contributed by atoms with Gasteiger partial charge in [-0.3, -0.25) is 5.32 Å². The molecule has 0 spiro atoms. The molecule has 4 nitrogen and oxygen atoms in total. The van der Waals surface area contributed by atoms with E-state index < -0.39 is 6.09 Å². The minimum absolute atomic E-state index is 0.458. The molecular weight excluding hydrogens is 324 g/mol. The fourth-order valence-electron chi connectivity index (χ4n) is 2.08. The summed E-state index contributed by atoms with van der Waals surface area (Å²) in [6.07, 6.45) is -0.555. The summed E-state index contributed by atoms with van der Waals surface area (Å²) in [5.41, 5.74) is 2.52. The topological polar surface area (TPSA) is 50.4 Å². The number of benzene rings is 3. The SMILES string of the molecule is O=C(Nc1ccc(Cl)cc1)Oc1ccc(Nc2ccccc2)cc1. The zero-order valence-corrected chi connectivity index (χ0v) is 13.5. The highest BCUT2D eigenvalue weighted by Crippen LogP contribution is 2.20. The zero-order valence-electron chi connectivity index (χ0n) is 12.7. The highest BCUT2D eigenvalue weighted by molar-refractivity contribution is 6.30. The van der Waals surface area contributed by atoms with Gasteiger partial charge in [0.2, 0.25) is 0 Å². The van der Waals surface area contributed by atoms with Crippen LogP contribution in [0.4, 0.5) is 21.9 Å². The average Bonchev–Trinajstić information content (AvgIpc) is 2.60. The second-order valence-electron chi connectivity index (χ2n) is 5.04. The van der Waals surface area contributed by atoms with E-state index in [0.717, 1.165) is 11.4 Å². The molecule has 0 aliphatic carbocycles. The van der Waals surface area contributed by atoms with Gasteiger partial charge in [-0.1, -0.05) is 29.8 Å². The Balaban J connectivity index is 1.57. The van der Waals surface area contributed by atoms with E-state index in [4.69, 9.17) is 16.3 Å². The first-order valence-electron chi connectivity index (χ1n) is 7.35. The molecule has 0 aliphatic rings. The highest BCUT2D eigenvalue weighted by atomic mass is 35.5. The van der Waals surface area contributed by atoms with Gasteiger partial charge in [0.1, 0.15) is 5.75 Å². The number of hydrogen-bond acceptors (Lipinski definition) is 3. The third-order valence-corrected chi connectivity index (χ3v) is 3.47. The molecule has 2 N–H and O–H groups in total. The van der Waals surface area contributed by atoms with Gasteiger partial charge in [-0.2, -0.15) is 0 Å². The maximum absolute atomic E-state index is 11.9. The van der Waals surface area contributed by atoms with Crippen molar-refractivity contribution >= 4 is 34.8 Å². The Morgan fingerprint density at radius 3 is 2.00 bits per heavy atom. The van der Waals surface area contributed by atoms with E-state index in [0.29, 0.717) is 16.5 Å². The molecule has 0 saturated heterocycles. The fourth-order valence-corrected chi connectivity index (χ4v) is 2.20. The maximum atomic E-state index is 11.9. The molecule has 0 heterocycles. The van der Waals surface area contributed by atoms with E-state index in [1.165, 1.54) is 0 Å². The number of para-hydroxylation sites is 1. The van der Waals surface area contributed by atoms with Crippen LogP contribution in [0.3, 0.4) is 0 Å². The molecule has 0 saturated carbocycles. The van der Waals surface area contributed by atoms with E-state index in [9.17, 15) is 4.79 Å². The second-order valence-corrected chi connectivity index (χ2v) is 5.47. The first kappa shape index (κ1) is 15.9. The van der Waals surface area contributed by atoms with Gasteiger partial charge in [0, 0.05) is 22.1 Å². The number of halogens is 1. The third kappa shape index (κ3) is 4.51. The summed E-state index contributed by atoms with van der Waals surface area (Å²) < 4.78 is 5.24. The molecule has 24 heavy (non-hydrogen) atoms. The van der Waals surface area contributed by atoms with Crippen molar-refractivity contribution in [3.8, 4) is 5.75 Å². The van der Waals surface area contributed by atoms with Gasteiger partial charge in [-0.05, 0) is 60.7 Å². The van der Waals surface area contributed by atoms with Crippen LogP contribution in [0.1, 0.15) is 0 Å². The Labute approximate surface area is 145 Å². The highest BCUT2D eigenvalue weighted by Gasteiger charge is 2.05. The monoisotopic (exact) mass is 338 g/mol. The Hall–Kier alpha value is -2.98. The molecule has 0 aliphatic heterocycles. The number of carbonyl (C=O) groups is 1. The molecule has 0 aromatic heterocycles. The molecule has 0 bridgehead atoms. The van der Waals surface area contributed by atoms with Crippen molar-refractivity contribution < 1.29 is 9.53 Å². The smallest absolute Gasteiger partial charge is 0.410 e. The number of hydrogen-bond donors (Lipinski definition) is 2. The molecule has 0 unspecified atom stereocenters. The fraction of sp³-hybridized carbons (Fsp3) is 0. The minimum Gasteiger partial charge on any atom is -0.410 e. The van der Waals surface area contributed by atoms with Gasteiger partial charge >= 0.3 is 6.09 Å². The number of amides is 1. The van der Waals surface area contributed by atoms with Crippen molar-refractivity contribution in [2.75, 3.05) is 10.6 Å². The standard InChI is InChI=1S/C19H15ClN2O2/c20-14-6-8-17(9-7-14)22-19(23)24-18-12-10-16(11-13-18)21-15-4-2-1-3-5-15/h1-13,21H,(H,22,23). The molecule has 0 atom stereocenters. The lowest BCUT2D eigenvalue weighted by Gasteiger charge is -2.09. The Morgan fingerprint density at radius 1 is 0.750 bits per heavy atom. The summed E-state index contributed by atoms with van der Waals surface area (Å²) in [4.78, 5) is 11.9. The van der Waals surface area contributed by atoms with Gasteiger partial charge in [-0.15, -0.1) is 0 Å². The van der Waals surface area contributed by atoms with E-state index in [2.05, 4.69) is 10.6 Å². The molecule has 0 fully saturated rings. The summed E-state index contributed by atoms with van der Waals surface area (Å²) in [5, 5.41) is 6.50. The van der Waals surface area contributed by atoms with Gasteiger partial charge in [0.05, 0.1) is 0 Å². The lowest BCUT2D eigenvalue weighted by molar-refractivity contribution is 0.215. The molecule has 3 rings (SSSR count). The molecule has 1 amide bonds. The molecule has 3 aromatic carbocycles. The van der Waals surface area contributed by atoms with E-state index >= 15 is 0 Å². The van der Waals surface area contributed by atoms with E-state index in [1.807, 2.05) is 42.5 Å². The van der Waals surface area contributed by atoms with Gasteiger partial charge < -0.3 is 10.1 Å². The van der Waals surface area contributed by atoms with Crippen LogP contribution in [0.5, 0.6) is 5.75 Å². The summed E-state index contributed by atoms with van der Waals surface area (Å²) in [6.45, 7) is 0. The van der Waals surface area contributed by atoms with Crippen LogP contribution >= 0.6 is 11.6 Å². The second kappa shape index (κ2) is 7.53. The Morgan fingerprint density at radius 2 is 1.33 bits per heavy atom. The number of carbonyl (C=O) groups excluding carboxylic acids is 1. The van der Waals surface area contributed by atoms with Crippen LogP contribution in [-0.4, -0.2) is 6.09 Å². The molecule has 5 heteroatoms. The van der Waals surface area contributed by atoms with E-state index in [1.54, 1.807) is 36.4 Å². The predicted molar refractivity (Wildman–Crippen MR) is 97.3 cm³/mol.